The molecular weight excluding hydrogens is 542 g/mol. The first kappa shape index (κ1) is 28.8. The zero-order valence-electron chi connectivity index (χ0n) is 24.3. The monoisotopic (exact) mass is 579 g/mol. The lowest BCUT2D eigenvalue weighted by Crippen LogP contribution is -2.57. The number of aliphatic hydroxyl groups is 1. The van der Waals surface area contributed by atoms with Crippen molar-refractivity contribution in [2.24, 2.45) is 11.8 Å². The predicted molar refractivity (Wildman–Crippen MR) is 165 cm³/mol. The Bertz CT molecular complexity index is 1570. The molecule has 3 aliphatic rings. The van der Waals surface area contributed by atoms with Gasteiger partial charge in [0.1, 0.15) is 11.6 Å². The van der Waals surface area contributed by atoms with E-state index in [0.717, 1.165) is 10.8 Å². The van der Waals surface area contributed by atoms with Crippen LogP contribution in [0.4, 0.5) is 5.69 Å². The lowest BCUT2D eigenvalue weighted by Gasteiger charge is -2.39. The summed E-state index contributed by atoms with van der Waals surface area (Å²) in [5.74, 6) is -2.44. The van der Waals surface area contributed by atoms with E-state index in [-0.39, 0.29) is 24.3 Å². The van der Waals surface area contributed by atoms with E-state index in [4.69, 9.17) is 4.74 Å². The maximum Gasteiger partial charge on any atom is 0.253 e. The van der Waals surface area contributed by atoms with E-state index in [1.165, 1.54) is 4.90 Å². The first-order valence-corrected chi connectivity index (χ1v) is 14.8. The van der Waals surface area contributed by atoms with Crippen molar-refractivity contribution < 1.29 is 24.2 Å². The third-order valence-corrected chi connectivity index (χ3v) is 9.35. The number of carbonyl (C=O) groups excluding carboxylic acids is 3. The quantitative estimate of drug-likeness (QED) is 0.365. The number of hydrogen-bond acceptors (Lipinski definition) is 5. The molecular formula is C35H37N3O5. The highest BCUT2D eigenvalue weighted by atomic mass is 16.5. The number of amides is 3. The van der Waals surface area contributed by atoms with Crippen molar-refractivity contribution in [2.45, 2.75) is 36.6 Å². The van der Waals surface area contributed by atoms with E-state index in [0.29, 0.717) is 30.6 Å². The van der Waals surface area contributed by atoms with Crippen LogP contribution in [0, 0.1) is 11.8 Å². The van der Waals surface area contributed by atoms with Gasteiger partial charge in [0.05, 0.1) is 30.6 Å². The Morgan fingerprint density at radius 2 is 1.72 bits per heavy atom. The smallest absolute Gasteiger partial charge is 0.253 e. The largest absolute Gasteiger partial charge is 0.394 e. The molecule has 3 saturated heterocycles. The predicted octanol–water partition coefficient (Wildman–Crippen LogP) is 4.11. The van der Waals surface area contributed by atoms with Gasteiger partial charge < -0.3 is 24.5 Å². The molecule has 0 aliphatic carbocycles. The molecule has 1 spiro atoms. The van der Waals surface area contributed by atoms with Crippen molar-refractivity contribution in [3.05, 3.63) is 104 Å². The number of aliphatic hydroxyl groups excluding tert-OH is 1. The third-order valence-electron chi connectivity index (χ3n) is 9.35. The van der Waals surface area contributed by atoms with Crippen LogP contribution in [0.1, 0.15) is 24.4 Å². The van der Waals surface area contributed by atoms with Crippen molar-refractivity contribution in [3.63, 3.8) is 0 Å². The Hall–Kier alpha value is -4.27. The molecule has 2 bridgehead atoms. The second-order valence-corrected chi connectivity index (χ2v) is 11.7. The molecule has 3 amide bonds. The number of likely N-dealkylation sites (tertiary alicyclic amines) is 1. The maximum atomic E-state index is 14.9. The summed E-state index contributed by atoms with van der Waals surface area (Å²) >= 11 is 0. The average molecular weight is 580 g/mol. The van der Waals surface area contributed by atoms with Crippen LogP contribution in [0.3, 0.4) is 0 Å². The van der Waals surface area contributed by atoms with E-state index in [2.05, 4.69) is 13.2 Å². The minimum absolute atomic E-state index is 0.199. The standard InChI is InChI=1S/C35H37N3O5/c1-4-19-36(3)32(40)29-28-17-18-35(43-28)30(29)33(41)38(27(22-39)24-12-7-6-8-13-24)31(35)34(42)37(20-5-2)26-16-15-23-11-9-10-14-25(23)21-26/h4-16,21,27-31,39H,1-2,17-20,22H2,3H3/t27-,28+,29-,30+,31?,35?/m1/s1. The molecule has 8 nitrogen and oxygen atoms in total. The normalized spacial score (nSPS) is 26.3. The van der Waals surface area contributed by atoms with Crippen LogP contribution in [-0.4, -0.2) is 77.1 Å². The molecule has 0 radical (unpaired) electrons. The average Bonchev–Trinajstić information content (AvgIpc) is 3.67. The Kier molecular flexibility index (Phi) is 7.66. The minimum Gasteiger partial charge on any atom is -0.394 e. The number of nitrogens with zero attached hydrogens (tertiary/aromatic N) is 3. The summed E-state index contributed by atoms with van der Waals surface area (Å²) < 4.78 is 6.65. The van der Waals surface area contributed by atoms with Gasteiger partial charge in [0.15, 0.2) is 0 Å². The molecule has 3 aromatic rings. The number of fused-ring (bicyclic) bond motifs is 2. The van der Waals surface area contributed by atoms with Gasteiger partial charge >= 0.3 is 0 Å². The second kappa shape index (κ2) is 11.4. The van der Waals surface area contributed by atoms with Gasteiger partial charge in [-0.1, -0.05) is 72.8 Å². The molecule has 3 aromatic carbocycles. The van der Waals surface area contributed by atoms with Crippen LogP contribution in [0.25, 0.3) is 10.8 Å². The van der Waals surface area contributed by atoms with Gasteiger partial charge in [-0.25, -0.2) is 0 Å². The molecule has 3 aliphatic heterocycles. The summed E-state index contributed by atoms with van der Waals surface area (Å²) in [5.41, 5.74) is 0.170. The van der Waals surface area contributed by atoms with E-state index >= 15 is 0 Å². The maximum absolute atomic E-state index is 14.9. The topological polar surface area (TPSA) is 90.4 Å². The Morgan fingerprint density at radius 1 is 1.02 bits per heavy atom. The van der Waals surface area contributed by atoms with Crippen molar-refractivity contribution in [2.75, 3.05) is 31.6 Å². The molecule has 6 atom stereocenters. The Balaban J connectivity index is 1.48. The zero-order valence-corrected chi connectivity index (χ0v) is 24.3. The number of hydrogen-bond donors (Lipinski definition) is 1. The fraction of sp³-hybridized carbons (Fsp3) is 0.343. The number of ether oxygens (including phenoxy) is 1. The lowest BCUT2D eigenvalue weighted by molar-refractivity contribution is -0.147. The van der Waals surface area contributed by atoms with Crippen LogP contribution in [0.5, 0.6) is 0 Å². The molecule has 0 aromatic heterocycles. The highest BCUT2D eigenvalue weighted by Crippen LogP contribution is 2.60. The van der Waals surface area contributed by atoms with E-state index in [9.17, 15) is 19.5 Å². The van der Waals surface area contributed by atoms with Gasteiger partial charge in [-0.15, -0.1) is 13.2 Å². The summed E-state index contributed by atoms with van der Waals surface area (Å²) in [5, 5.41) is 12.8. The van der Waals surface area contributed by atoms with Gasteiger partial charge in [0.2, 0.25) is 11.8 Å². The van der Waals surface area contributed by atoms with Crippen LogP contribution >= 0.6 is 0 Å². The summed E-state index contributed by atoms with van der Waals surface area (Å²) in [6.07, 6.45) is 3.86. The molecule has 3 heterocycles. The molecule has 1 N–H and O–H groups in total. The first-order chi connectivity index (χ1) is 20.9. The van der Waals surface area contributed by atoms with Gasteiger partial charge in [-0.2, -0.15) is 0 Å². The summed E-state index contributed by atoms with van der Waals surface area (Å²) in [6, 6.07) is 21.1. The highest BCUT2D eigenvalue weighted by molar-refractivity contribution is 6.06. The molecule has 8 heteroatoms. The van der Waals surface area contributed by atoms with E-state index in [1.54, 1.807) is 29.0 Å². The summed E-state index contributed by atoms with van der Waals surface area (Å²) in [7, 11) is 1.69. The number of anilines is 1. The van der Waals surface area contributed by atoms with Crippen LogP contribution in [-0.2, 0) is 19.1 Å². The molecule has 222 valence electrons. The Morgan fingerprint density at radius 3 is 2.42 bits per heavy atom. The van der Waals surface area contributed by atoms with Gasteiger partial charge in [-0.05, 0) is 41.3 Å². The van der Waals surface area contributed by atoms with Gasteiger partial charge in [-0.3, -0.25) is 14.4 Å². The minimum atomic E-state index is -1.20. The van der Waals surface area contributed by atoms with Crippen molar-refractivity contribution >= 4 is 34.2 Å². The van der Waals surface area contributed by atoms with E-state index in [1.807, 2.05) is 72.8 Å². The third kappa shape index (κ3) is 4.56. The summed E-state index contributed by atoms with van der Waals surface area (Å²) in [6.45, 7) is 7.81. The highest BCUT2D eigenvalue weighted by Gasteiger charge is 2.75. The van der Waals surface area contributed by atoms with Crippen molar-refractivity contribution in [1.82, 2.24) is 9.80 Å². The SMILES string of the molecule is C=CCN(C)C(=O)[C@@H]1[C@@H]2CCC3(O2)C(C(=O)N(CC=C)c2ccc4ccccc4c2)N([C@H](CO)c2ccccc2)C(=O)[C@H]13. The number of rotatable bonds is 10. The number of carbonyl (C=O) groups is 3. The first-order valence-electron chi connectivity index (χ1n) is 14.8. The fourth-order valence-electron chi connectivity index (χ4n) is 7.50. The molecule has 6 rings (SSSR count). The second-order valence-electron chi connectivity index (χ2n) is 11.7. The van der Waals surface area contributed by atoms with Crippen LogP contribution in [0.15, 0.2) is 98.1 Å². The van der Waals surface area contributed by atoms with Crippen LogP contribution in [0.2, 0.25) is 0 Å². The summed E-state index contributed by atoms with van der Waals surface area (Å²) in [4.78, 5) is 48.0. The number of likely N-dealkylation sites (N-methyl/N-ethyl adjacent to an activating group) is 1. The van der Waals surface area contributed by atoms with Gasteiger partial charge in [0, 0.05) is 25.8 Å². The molecule has 3 fully saturated rings. The Labute approximate surface area is 251 Å². The molecule has 2 unspecified atom stereocenters. The van der Waals surface area contributed by atoms with Crippen LogP contribution < -0.4 is 4.90 Å². The van der Waals surface area contributed by atoms with Crippen molar-refractivity contribution in [1.29, 1.82) is 0 Å². The number of benzene rings is 3. The zero-order chi connectivity index (χ0) is 30.3. The lowest BCUT2D eigenvalue weighted by atomic mass is 9.70. The van der Waals surface area contributed by atoms with Gasteiger partial charge in [0.25, 0.3) is 5.91 Å². The van der Waals surface area contributed by atoms with E-state index < -0.39 is 42.2 Å². The fourth-order valence-corrected chi connectivity index (χ4v) is 7.50. The molecule has 0 saturated carbocycles. The van der Waals surface area contributed by atoms with Crippen molar-refractivity contribution in [3.8, 4) is 0 Å². The molecule has 43 heavy (non-hydrogen) atoms.